The van der Waals surface area contributed by atoms with E-state index in [-0.39, 0.29) is 5.56 Å². The average molecular weight is 405 g/mol. The van der Waals surface area contributed by atoms with Crippen LogP contribution >= 0.6 is 0 Å². The van der Waals surface area contributed by atoms with Gasteiger partial charge in [-0.05, 0) is 50.8 Å². The molecule has 1 N–H and O–H groups in total. The van der Waals surface area contributed by atoms with Gasteiger partial charge in [0.1, 0.15) is 0 Å². The zero-order valence-electron chi connectivity index (χ0n) is 16.7. The number of alkyl halides is 3. The number of aromatic nitrogens is 3. The Labute approximate surface area is 168 Å². The highest BCUT2D eigenvalue weighted by atomic mass is 19.4. The number of aryl methyl sites for hydroxylation is 2. The second kappa shape index (κ2) is 10.6. The fourth-order valence-electron chi connectivity index (χ4n) is 2.97. The molecule has 156 valence electrons. The van der Waals surface area contributed by atoms with E-state index in [2.05, 4.69) is 10.1 Å². The summed E-state index contributed by atoms with van der Waals surface area (Å²) < 4.78 is 41.2. The molecule has 29 heavy (non-hydrogen) atoms. The molecule has 0 fully saturated rings. The molecule has 7 heteroatoms. The number of H-pyrrole nitrogens is 1. The van der Waals surface area contributed by atoms with Gasteiger partial charge in [-0.1, -0.05) is 31.2 Å². The number of rotatable bonds is 4. The largest absolute Gasteiger partial charge is 0.416 e. The molecule has 2 aromatic heterocycles. The molecule has 2 aromatic rings. The number of pyridine rings is 1. The zero-order chi connectivity index (χ0) is 21.3. The van der Waals surface area contributed by atoms with Gasteiger partial charge in [-0.25, -0.2) is 0 Å². The van der Waals surface area contributed by atoms with E-state index < -0.39 is 11.7 Å². The lowest BCUT2D eigenvalue weighted by atomic mass is 10.0. The van der Waals surface area contributed by atoms with Crippen LogP contribution in [-0.4, -0.2) is 20.9 Å². The van der Waals surface area contributed by atoms with Gasteiger partial charge in [0.05, 0.1) is 11.3 Å². The van der Waals surface area contributed by atoms with Crippen molar-refractivity contribution in [1.82, 2.24) is 14.8 Å². The maximum Gasteiger partial charge on any atom is 0.416 e. The van der Waals surface area contributed by atoms with Gasteiger partial charge in [0, 0.05) is 30.1 Å². The minimum absolute atomic E-state index is 0.0532. The number of nitrogens with one attached hydrogen (secondary N) is 1. The van der Waals surface area contributed by atoms with Gasteiger partial charge in [-0.15, -0.1) is 0 Å². The smallest absolute Gasteiger partial charge is 0.329 e. The lowest BCUT2D eigenvalue weighted by Crippen LogP contribution is -2.11. The van der Waals surface area contributed by atoms with E-state index in [1.807, 2.05) is 10.7 Å². The van der Waals surface area contributed by atoms with E-state index in [4.69, 9.17) is 0 Å². The van der Waals surface area contributed by atoms with E-state index in [1.54, 1.807) is 44.3 Å². The number of fused-ring (bicyclic) bond motifs is 1. The molecule has 0 spiro atoms. The number of halogens is 3. The summed E-state index contributed by atoms with van der Waals surface area (Å²) in [5.74, 6) is 0. The van der Waals surface area contributed by atoms with Crippen molar-refractivity contribution in [2.75, 3.05) is 0 Å². The second-order valence-electron chi connectivity index (χ2n) is 6.59. The maximum absolute atomic E-state index is 13.1. The third kappa shape index (κ3) is 6.93. The van der Waals surface area contributed by atoms with Crippen molar-refractivity contribution in [2.24, 2.45) is 0 Å². The van der Waals surface area contributed by atoms with E-state index in [1.165, 1.54) is 18.2 Å². The SMILES string of the molecule is C\C=C/C(=C\C(=C\CC)C(F)(F)F)c1cc2n(n1)CCCC2.O=c1cccc[nH]1. The van der Waals surface area contributed by atoms with Crippen LogP contribution < -0.4 is 5.56 Å². The summed E-state index contributed by atoms with van der Waals surface area (Å²) in [6.45, 7) is 4.33. The fourth-order valence-corrected chi connectivity index (χ4v) is 2.97. The molecular weight excluding hydrogens is 379 g/mol. The second-order valence-corrected chi connectivity index (χ2v) is 6.59. The van der Waals surface area contributed by atoms with E-state index >= 15 is 0 Å². The van der Waals surface area contributed by atoms with Crippen LogP contribution in [0.1, 0.15) is 44.5 Å². The Hall–Kier alpha value is -2.83. The first-order chi connectivity index (χ1) is 13.8. The summed E-state index contributed by atoms with van der Waals surface area (Å²) in [7, 11) is 0. The van der Waals surface area contributed by atoms with Crippen LogP contribution in [0.5, 0.6) is 0 Å². The van der Waals surface area contributed by atoms with Gasteiger partial charge >= 0.3 is 6.18 Å². The number of hydrogen-bond acceptors (Lipinski definition) is 2. The Kier molecular flexibility index (Phi) is 8.24. The van der Waals surface area contributed by atoms with Gasteiger partial charge in [0.25, 0.3) is 0 Å². The highest BCUT2D eigenvalue weighted by Crippen LogP contribution is 2.30. The van der Waals surface area contributed by atoms with Crippen LogP contribution in [0.3, 0.4) is 0 Å². The molecule has 3 heterocycles. The molecule has 0 amide bonds. The zero-order valence-corrected chi connectivity index (χ0v) is 16.7. The summed E-state index contributed by atoms with van der Waals surface area (Å²) in [4.78, 5) is 12.7. The Balaban J connectivity index is 0.000000360. The molecular formula is C22H26F3N3O. The van der Waals surface area contributed by atoms with Gasteiger partial charge in [0.2, 0.25) is 5.56 Å². The molecule has 1 aliphatic rings. The Morgan fingerprint density at radius 1 is 1.31 bits per heavy atom. The summed E-state index contributed by atoms with van der Waals surface area (Å²) in [5.41, 5.74) is 1.55. The number of hydrogen-bond donors (Lipinski definition) is 1. The van der Waals surface area contributed by atoms with Crippen molar-refractivity contribution in [1.29, 1.82) is 0 Å². The fraction of sp³-hybridized carbons (Fsp3) is 0.364. The van der Waals surface area contributed by atoms with Crippen LogP contribution in [0.2, 0.25) is 0 Å². The highest BCUT2D eigenvalue weighted by Gasteiger charge is 2.32. The van der Waals surface area contributed by atoms with Crippen molar-refractivity contribution in [3.63, 3.8) is 0 Å². The lowest BCUT2D eigenvalue weighted by molar-refractivity contribution is -0.0883. The van der Waals surface area contributed by atoms with E-state index in [0.717, 1.165) is 31.5 Å². The predicted octanol–water partition coefficient (Wildman–Crippen LogP) is 5.45. The Bertz CT molecular complexity index is 892. The molecule has 0 aliphatic carbocycles. The molecule has 0 unspecified atom stereocenters. The van der Waals surface area contributed by atoms with Crippen LogP contribution in [0.4, 0.5) is 13.2 Å². The minimum atomic E-state index is -4.35. The number of aromatic amines is 1. The molecule has 0 radical (unpaired) electrons. The average Bonchev–Trinajstić information content (AvgIpc) is 3.11. The topological polar surface area (TPSA) is 50.7 Å². The van der Waals surface area contributed by atoms with Gasteiger partial charge < -0.3 is 4.98 Å². The minimum Gasteiger partial charge on any atom is -0.329 e. The van der Waals surface area contributed by atoms with Crippen LogP contribution in [-0.2, 0) is 13.0 Å². The monoisotopic (exact) mass is 405 g/mol. The van der Waals surface area contributed by atoms with Gasteiger partial charge in [0.15, 0.2) is 0 Å². The van der Waals surface area contributed by atoms with Crippen molar-refractivity contribution in [3.8, 4) is 0 Å². The van der Waals surface area contributed by atoms with Crippen molar-refractivity contribution >= 4 is 5.57 Å². The molecule has 3 rings (SSSR count). The molecule has 0 saturated heterocycles. The first-order valence-electron chi connectivity index (χ1n) is 9.67. The quantitative estimate of drug-likeness (QED) is 0.688. The summed E-state index contributed by atoms with van der Waals surface area (Å²) >= 11 is 0. The van der Waals surface area contributed by atoms with Gasteiger partial charge in [-0.2, -0.15) is 18.3 Å². The van der Waals surface area contributed by atoms with Crippen LogP contribution in [0, 0.1) is 0 Å². The summed E-state index contributed by atoms with van der Waals surface area (Å²) in [5, 5.41) is 4.47. The molecule has 4 nitrogen and oxygen atoms in total. The molecule has 0 saturated carbocycles. The first kappa shape index (κ1) is 22.5. The van der Waals surface area contributed by atoms with Gasteiger partial charge in [-0.3, -0.25) is 9.48 Å². The summed E-state index contributed by atoms with van der Waals surface area (Å²) in [6, 6.07) is 6.84. The normalized spacial score (nSPS) is 15.1. The van der Waals surface area contributed by atoms with Crippen molar-refractivity contribution < 1.29 is 13.2 Å². The number of nitrogens with zero attached hydrogens (tertiary/aromatic N) is 2. The Morgan fingerprint density at radius 2 is 2.10 bits per heavy atom. The van der Waals surface area contributed by atoms with E-state index in [9.17, 15) is 18.0 Å². The third-order valence-corrected chi connectivity index (χ3v) is 4.30. The predicted molar refractivity (Wildman–Crippen MR) is 109 cm³/mol. The molecule has 0 atom stereocenters. The van der Waals surface area contributed by atoms with Crippen molar-refractivity contribution in [2.45, 2.75) is 52.3 Å². The number of allylic oxidation sites excluding steroid dienone is 6. The Morgan fingerprint density at radius 3 is 2.62 bits per heavy atom. The van der Waals surface area contributed by atoms with Crippen molar-refractivity contribution in [3.05, 3.63) is 82.1 Å². The molecule has 1 aliphatic heterocycles. The lowest BCUT2D eigenvalue weighted by Gasteiger charge is -2.11. The standard InChI is InChI=1S/C17H21F3N2.C5H5NO/c1-3-7-13(11-14(8-4-2)17(18,19)20)16-12-15-9-5-6-10-22(15)21-16;7-5-3-1-2-4-6-5/h3,7-8,11-12H,4-6,9-10H2,1-2H3;1-4H,(H,6,7)/b7-3-,13-11+,14-8-;. The molecule has 0 bridgehead atoms. The maximum atomic E-state index is 13.1. The molecule has 0 aromatic carbocycles. The van der Waals surface area contributed by atoms with Crippen LogP contribution in [0.25, 0.3) is 5.57 Å². The third-order valence-electron chi connectivity index (χ3n) is 4.30. The highest BCUT2D eigenvalue weighted by molar-refractivity contribution is 5.74. The van der Waals surface area contributed by atoms with Crippen LogP contribution in [0.15, 0.2) is 65.1 Å². The summed E-state index contributed by atoms with van der Waals surface area (Å²) in [6.07, 6.45) is 6.54. The van der Waals surface area contributed by atoms with E-state index in [0.29, 0.717) is 17.7 Å². The first-order valence-corrected chi connectivity index (χ1v) is 9.67.